The van der Waals surface area contributed by atoms with Gasteiger partial charge in [0.2, 0.25) is 0 Å². The maximum Gasteiger partial charge on any atom is 0.0143 e. The standard InChI is InChI=1S/C11H17NS/c1-11(2,3)12-7-4-5-10-6-8-13-9-10/h4-6,8-9,12H,7H2,1-3H3. The van der Waals surface area contributed by atoms with E-state index in [1.54, 1.807) is 11.3 Å². The van der Waals surface area contributed by atoms with Gasteiger partial charge in [-0.2, -0.15) is 11.3 Å². The first kappa shape index (κ1) is 10.5. The van der Waals surface area contributed by atoms with E-state index in [1.165, 1.54) is 5.56 Å². The SMILES string of the molecule is CC(C)(C)NCC=Cc1ccsc1. The van der Waals surface area contributed by atoms with Crippen LogP contribution >= 0.6 is 11.3 Å². The fraction of sp³-hybridized carbons (Fsp3) is 0.455. The lowest BCUT2D eigenvalue weighted by atomic mass is 10.1. The molecule has 0 spiro atoms. The highest BCUT2D eigenvalue weighted by Gasteiger charge is 2.05. The van der Waals surface area contributed by atoms with E-state index < -0.39 is 0 Å². The molecule has 0 aliphatic carbocycles. The van der Waals surface area contributed by atoms with Crippen molar-refractivity contribution in [1.82, 2.24) is 5.32 Å². The Bertz CT molecular complexity index is 254. The van der Waals surface area contributed by atoms with Crippen LogP contribution in [-0.4, -0.2) is 12.1 Å². The van der Waals surface area contributed by atoms with Crippen molar-refractivity contribution >= 4 is 17.4 Å². The molecule has 0 aliphatic heterocycles. The predicted molar refractivity (Wildman–Crippen MR) is 61.1 cm³/mol. The summed E-state index contributed by atoms with van der Waals surface area (Å²) in [7, 11) is 0. The van der Waals surface area contributed by atoms with Crippen molar-refractivity contribution in [3.63, 3.8) is 0 Å². The van der Waals surface area contributed by atoms with Crippen molar-refractivity contribution in [2.45, 2.75) is 26.3 Å². The van der Waals surface area contributed by atoms with E-state index >= 15 is 0 Å². The molecular weight excluding hydrogens is 178 g/mol. The number of nitrogens with one attached hydrogen (secondary N) is 1. The summed E-state index contributed by atoms with van der Waals surface area (Å²) in [5, 5.41) is 7.64. The minimum absolute atomic E-state index is 0.207. The Morgan fingerprint density at radius 1 is 1.46 bits per heavy atom. The molecule has 0 atom stereocenters. The molecule has 0 aromatic carbocycles. The highest BCUT2D eigenvalue weighted by atomic mass is 32.1. The monoisotopic (exact) mass is 195 g/mol. The fourth-order valence-electron chi connectivity index (χ4n) is 0.930. The number of rotatable bonds is 3. The van der Waals surface area contributed by atoms with Crippen molar-refractivity contribution in [2.75, 3.05) is 6.54 Å². The lowest BCUT2D eigenvalue weighted by Crippen LogP contribution is -2.35. The summed E-state index contributed by atoms with van der Waals surface area (Å²) in [4.78, 5) is 0. The summed E-state index contributed by atoms with van der Waals surface area (Å²) >= 11 is 1.73. The van der Waals surface area contributed by atoms with Crippen LogP contribution in [0.15, 0.2) is 22.9 Å². The largest absolute Gasteiger partial charge is 0.309 e. The van der Waals surface area contributed by atoms with Crippen LogP contribution in [0.4, 0.5) is 0 Å². The van der Waals surface area contributed by atoms with Crippen molar-refractivity contribution in [3.05, 3.63) is 28.5 Å². The van der Waals surface area contributed by atoms with Crippen molar-refractivity contribution in [3.8, 4) is 0 Å². The zero-order chi connectivity index (χ0) is 9.73. The topological polar surface area (TPSA) is 12.0 Å². The molecule has 0 aliphatic rings. The van der Waals surface area contributed by atoms with Crippen LogP contribution in [0.2, 0.25) is 0 Å². The average Bonchev–Trinajstić information content (AvgIpc) is 2.48. The second-order valence-electron chi connectivity index (χ2n) is 4.09. The van der Waals surface area contributed by atoms with Crippen molar-refractivity contribution in [2.24, 2.45) is 0 Å². The zero-order valence-electron chi connectivity index (χ0n) is 8.50. The van der Waals surface area contributed by atoms with Crippen LogP contribution in [0.5, 0.6) is 0 Å². The number of hydrogen-bond acceptors (Lipinski definition) is 2. The molecule has 2 heteroatoms. The van der Waals surface area contributed by atoms with Gasteiger partial charge in [-0.25, -0.2) is 0 Å². The molecule has 13 heavy (non-hydrogen) atoms. The van der Waals surface area contributed by atoms with Gasteiger partial charge in [-0.3, -0.25) is 0 Å². The van der Waals surface area contributed by atoms with E-state index in [4.69, 9.17) is 0 Å². The van der Waals surface area contributed by atoms with Crippen LogP contribution in [0, 0.1) is 0 Å². The summed E-state index contributed by atoms with van der Waals surface area (Å²) in [6.45, 7) is 7.45. The van der Waals surface area contributed by atoms with Crippen LogP contribution in [0.1, 0.15) is 26.3 Å². The van der Waals surface area contributed by atoms with E-state index in [-0.39, 0.29) is 5.54 Å². The van der Waals surface area contributed by atoms with Crippen molar-refractivity contribution < 1.29 is 0 Å². The average molecular weight is 195 g/mol. The normalized spacial score (nSPS) is 12.5. The highest BCUT2D eigenvalue weighted by Crippen LogP contribution is 2.07. The summed E-state index contributed by atoms with van der Waals surface area (Å²) in [5.74, 6) is 0. The third-order valence-corrected chi connectivity index (χ3v) is 2.31. The van der Waals surface area contributed by atoms with Gasteiger partial charge in [0, 0.05) is 12.1 Å². The van der Waals surface area contributed by atoms with Crippen LogP contribution in [0.25, 0.3) is 6.08 Å². The molecule has 0 radical (unpaired) electrons. The van der Waals surface area contributed by atoms with Gasteiger partial charge in [0.15, 0.2) is 0 Å². The predicted octanol–water partition coefficient (Wildman–Crippen LogP) is 3.15. The van der Waals surface area contributed by atoms with Gasteiger partial charge >= 0.3 is 0 Å². The van der Waals surface area contributed by atoms with Gasteiger partial charge in [-0.05, 0) is 43.2 Å². The molecule has 1 rings (SSSR count). The van der Waals surface area contributed by atoms with Crippen LogP contribution < -0.4 is 5.32 Å². The lowest BCUT2D eigenvalue weighted by Gasteiger charge is -2.18. The maximum atomic E-state index is 3.40. The molecule has 0 unspecified atom stereocenters. The quantitative estimate of drug-likeness (QED) is 0.781. The maximum absolute atomic E-state index is 3.40. The Labute approximate surface area is 84.5 Å². The molecule has 0 fully saturated rings. The minimum Gasteiger partial charge on any atom is -0.309 e. The number of thiophene rings is 1. The Balaban J connectivity index is 2.27. The zero-order valence-corrected chi connectivity index (χ0v) is 9.32. The lowest BCUT2D eigenvalue weighted by molar-refractivity contribution is 0.450. The van der Waals surface area contributed by atoms with E-state index in [2.05, 4.69) is 55.1 Å². The summed E-state index contributed by atoms with van der Waals surface area (Å²) in [5.41, 5.74) is 1.50. The van der Waals surface area contributed by atoms with Gasteiger partial charge in [-0.15, -0.1) is 0 Å². The molecule has 1 aromatic heterocycles. The molecule has 72 valence electrons. The Kier molecular flexibility index (Phi) is 3.70. The molecule has 1 aromatic rings. The van der Waals surface area contributed by atoms with Crippen LogP contribution in [-0.2, 0) is 0 Å². The third kappa shape index (κ3) is 4.86. The first-order valence-electron chi connectivity index (χ1n) is 4.52. The van der Waals surface area contributed by atoms with Crippen molar-refractivity contribution in [1.29, 1.82) is 0 Å². The van der Waals surface area contributed by atoms with Gasteiger partial charge in [0.1, 0.15) is 0 Å². The Morgan fingerprint density at radius 2 is 2.23 bits per heavy atom. The van der Waals surface area contributed by atoms with Gasteiger partial charge < -0.3 is 5.32 Å². The summed E-state index contributed by atoms with van der Waals surface area (Å²) in [6.07, 6.45) is 4.31. The fourth-order valence-corrected chi connectivity index (χ4v) is 1.56. The third-order valence-electron chi connectivity index (χ3n) is 1.60. The Morgan fingerprint density at radius 3 is 2.77 bits per heavy atom. The smallest absolute Gasteiger partial charge is 0.0143 e. The molecule has 0 saturated carbocycles. The molecule has 0 amide bonds. The molecule has 0 saturated heterocycles. The Hall–Kier alpha value is -0.600. The van der Waals surface area contributed by atoms with Crippen LogP contribution in [0.3, 0.4) is 0 Å². The van der Waals surface area contributed by atoms with E-state index in [1.807, 2.05) is 0 Å². The highest BCUT2D eigenvalue weighted by molar-refractivity contribution is 7.08. The summed E-state index contributed by atoms with van der Waals surface area (Å²) < 4.78 is 0. The molecule has 1 nitrogen and oxygen atoms in total. The molecule has 1 heterocycles. The molecule has 0 bridgehead atoms. The number of hydrogen-bond donors (Lipinski definition) is 1. The summed E-state index contributed by atoms with van der Waals surface area (Å²) in [6, 6.07) is 2.12. The minimum atomic E-state index is 0.207. The molecular formula is C11H17NS. The van der Waals surface area contributed by atoms with Gasteiger partial charge in [0.05, 0.1) is 0 Å². The molecule has 1 N–H and O–H groups in total. The van der Waals surface area contributed by atoms with E-state index in [0.29, 0.717) is 0 Å². The van der Waals surface area contributed by atoms with E-state index in [9.17, 15) is 0 Å². The van der Waals surface area contributed by atoms with Gasteiger partial charge in [0.25, 0.3) is 0 Å². The first-order chi connectivity index (χ1) is 6.08. The second-order valence-corrected chi connectivity index (χ2v) is 4.87. The second kappa shape index (κ2) is 4.58. The van der Waals surface area contributed by atoms with Gasteiger partial charge in [-0.1, -0.05) is 12.2 Å². The van der Waals surface area contributed by atoms with E-state index in [0.717, 1.165) is 6.54 Å². The first-order valence-corrected chi connectivity index (χ1v) is 5.46.